The van der Waals surface area contributed by atoms with Crippen molar-refractivity contribution in [3.05, 3.63) is 65.7 Å². The second-order valence-electron chi connectivity index (χ2n) is 8.51. The molecule has 0 aliphatic carbocycles. The van der Waals surface area contributed by atoms with Crippen LogP contribution in [0.3, 0.4) is 0 Å². The summed E-state index contributed by atoms with van der Waals surface area (Å²) in [5, 5.41) is 0. The summed E-state index contributed by atoms with van der Waals surface area (Å²) in [5.41, 5.74) is 1.49. The maximum atomic E-state index is 12.5. The summed E-state index contributed by atoms with van der Waals surface area (Å²) in [6.45, 7) is 9.18. The maximum absolute atomic E-state index is 12.5. The number of ether oxygens (including phenoxy) is 1. The molecule has 0 spiro atoms. The fourth-order valence-corrected chi connectivity index (χ4v) is 4.11. The second kappa shape index (κ2) is 9.53. The van der Waals surface area contributed by atoms with Gasteiger partial charge in [-0.3, -0.25) is 9.59 Å². The number of hydrogen-bond donors (Lipinski definition) is 1. The fourth-order valence-electron chi connectivity index (χ4n) is 2.76. The first-order valence-corrected chi connectivity index (χ1v) is 11.3. The normalized spacial score (nSPS) is 13.1. The number of hydrogen-bond acceptors (Lipinski definition) is 5. The van der Waals surface area contributed by atoms with E-state index < -0.39 is 28.6 Å². The third-order valence-electron chi connectivity index (χ3n) is 4.67. The molecule has 6 nitrogen and oxygen atoms in total. The Bertz CT molecular complexity index is 975. The van der Waals surface area contributed by atoms with E-state index in [4.69, 9.17) is 4.74 Å². The van der Waals surface area contributed by atoms with Gasteiger partial charge in [0.15, 0.2) is 12.4 Å². The predicted octanol–water partition coefficient (Wildman–Crippen LogP) is 3.71. The lowest BCUT2D eigenvalue weighted by atomic mass is 9.86. The molecule has 0 aliphatic heterocycles. The Morgan fingerprint density at radius 3 is 2.03 bits per heavy atom. The number of rotatable bonds is 8. The van der Waals surface area contributed by atoms with Crippen molar-refractivity contribution in [1.29, 1.82) is 0 Å². The van der Waals surface area contributed by atoms with Gasteiger partial charge in [-0.2, -0.15) is 4.72 Å². The van der Waals surface area contributed by atoms with E-state index in [-0.39, 0.29) is 22.0 Å². The molecule has 30 heavy (non-hydrogen) atoms. The lowest BCUT2D eigenvalue weighted by molar-refractivity contribution is -0.145. The monoisotopic (exact) mass is 431 g/mol. The molecule has 0 aliphatic rings. The topological polar surface area (TPSA) is 89.5 Å². The van der Waals surface area contributed by atoms with Gasteiger partial charge in [-0.15, -0.1) is 0 Å². The first-order chi connectivity index (χ1) is 13.9. The Hall–Kier alpha value is -2.51. The highest BCUT2D eigenvalue weighted by molar-refractivity contribution is 7.89. The summed E-state index contributed by atoms with van der Waals surface area (Å²) in [6.07, 6.45) is 0. The zero-order chi connectivity index (χ0) is 22.5. The maximum Gasteiger partial charge on any atom is 0.324 e. The van der Waals surface area contributed by atoms with Crippen LogP contribution in [0, 0.1) is 5.92 Å². The molecule has 1 N–H and O–H groups in total. The quantitative estimate of drug-likeness (QED) is 0.508. The number of carbonyl (C=O) groups excluding carboxylic acids is 2. The lowest BCUT2D eigenvalue weighted by Gasteiger charge is -2.21. The number of benzene rings is 2. The van der Waals surface area contributed by atoms with E-state index >= 15 is 0 Å². The van der Waals surface area contributed by atoms with Crippen LogP contribution in [-0.2, 0) is 25.0 Å². The highest BCUT2D eigenvalue weighted by atomic mass is 32.2. The van der Waals surface area contributed by atoms with Gasteiger partial charge < -0.3 is 4.74 Å². The van der Waals surface area contributed by atoms with Crippen molar-refractivity contribution in [1.82, 2.24) is 4.72 Å². The van der Waals surface area contributed by atoms with Crippen LogP contribution in [0.2, 0.25) is 0 Å². The van der Waals surface area contributed by atoms with Crippen LogP contribution >= 0.6 is 0 Å². The molecule has 162 valence electrons. The molecule has 0 unspecified atom stereocenters. The first-order valence-electron chi connectivity index (χ1n) is 9.79. The second-order valence-corrected chi connectivity index (χ2v) is 10.2. The third kappa shape index (κ3) is 6.24. The summed E-state index contributed by atoms with van der Waals surface area (Å²) >= 11 is 0. The summed E-state index contributed by atoms with van der Waals surface area (Å²) < 4.78 is 32.6. The molecular formula is C23H29NO5S. The lowest BCUT2D eigenvalue weighted by Crippen LogP contribution is -2.45. The van der Waals surface area contributed by atoms with Crippen molar-refractivity contribution in [3.8, 4) is 0 Å². The highest BCUT2D eigenvalue weighted by Gasteiger charge is 2.30. The van der Waals surface area contributed by atoms with Gasteiger partial charge in [0.2, 0.25) is 10.0 Å². The SMILES string of the molecule is CC(C)[C@H](NS(=O)(=O)c1ccccc1)C(=O)OCC(=O)c1ccc(C(C)(C)C)cc1. The fraction of sp³-hybridized carbons (Fsp3) is 0.391. The molecule has 0 fully saturated rings. The average Bonchev–Trinajstić information content (AvgIpc) is 2.70. The molecule has 7 heteroatoms. The zero-order valence-corrected chi connectivity index (χ0v) is 18.8. The Kier molecular flexibility index (Phi) is 7.55. The van der Waals surface area contributed by atoms with Crippen molar-refractivity contribution in [3.63, 3.8) is 0 Å². The molecule has 2 aromatic rings. The van der Waals surface area contributed by atoms with Gasteiger partial charge in [-0.1, -0.05) is 77.1 Å². The molecular weight excluding hydrogens is 402 g/mol. The Morgan fingerprint density at radius 2 is 1.53 bits per heavy atom. The molecule has 0 aromatic heterocycles. The third-order valence-corrected chi connectivity index (χ3v) is 6.13. The minimum Gasteiger partial charge on any atom is -0.456 e. The van der Waals surface area contributed by atoms with Crippen molar-refractivity contribution in [2.24, 2.45) is 5.92 Å². The van der Waals surface area contributed by atoms with E-state index in [1.165, 1.54) is 12.1 Å². The molecule has 2 rings (SSSR count). The van der Waals surface area contributed by atoms with E-state index in [0.29, 0.717) is 5.56 Å². The first kappa shape index (κ1) is 23.8. The van der Waals surface area contributed by atoms with Crippen molar-refractivity contribution in [2.75, 3.05) is 6.61 Å². The number of carbonyl (C=O) groups is 2. The Labute approximate surface area is 178 Å². The number of Topliss-reactive ketones (excluding diaryl/α,β-unsaturated/α-hetero) is 1. The molecule has 0 radical (unpaired) electrons. The van der Waals surface area contributed by atoms with Gasteiger partial charge in [0.05, 0.1) is 4.90 Å². The molecule has 1 atom stereocenters. The van der Waals surface area contributed by atoms with E-state index in [1.54, 1.807) is 44.2 Å². The van der Waals surface area contributed by atoms with Crippen LogP contribution in [0.5, 0.6) is 0 Å². The summed E-state index contributed by atoms with van der Waals surface area (Å²) in [7, 11) is -3.89. The summed E-state index contributed by atoms with van der Waals surface area (Å²) in [4.78, 5) is 25.0. The van der Waals surface area contributed by atoms with E-state index in [9.17, 15) is 18.0 Å². The zero-order valence-electron chi connectivity index (χ0n) is 18.0. The van der Waals surface area contributed by atoms with Crippen molar-refractivity contribution in [2.45, 2.75) is 51.0 Å². The average molecular weight is 432 g/mol. The molecule has 0 bridgehead atoms. The number of esters is 1. The van der Waals surface area contributed by atoms with Gasteiger partial charge >= 0.3 is 5.97 Å². The van der Waals surface area contributed by atoms with Crippen LogP contribution in [-0.4, -0.2) is 32.8 Å². The molecule has 0 saturated carbocycles. The molecule has 0 heterocycles. The Morgan fingerprint density at radius 1 is 0.967 bits per heavy atom. The number of sulfonamides is 1. The van der Waals surface area contributed by atoms with Crippen molar-refractivity contribution >= 4 is 21.8 Å². The summed E-state index contributed by atoms with van der Waals surface area (Å²) in [5.74, 6) is -1.50. The molecule has 0 saturated heterocycles. The van der Waals surface area contributed by atoms with E-state index in [2.05, 4.69) is 25.5 Å². The van der Waals surface area contributed by atoms with Crippen molar-refractivity contribution < 1.29 is 22.7 Å². The molecule has 2 aromatic carbocycles. The van der Waals surface area contributed by atoms with E-state index in [1.807, 2.05) is 12.1 Å². The van der Waals surface area contributed by atoms with Gasteiger partial charge in [-0.05, 0) is 29.0 Å². The number of ketones is 1. The van der Waals surface area contributed by atoms with Gasteiger partial charge in [-0.25, -0.2) is 8.42 Å². The van der Waals surface area contributed by atoms with Crippen LogP contribution in [0.4, 0.5) is 0 Å². The standard InChI is InChI=1S/C23H29NO5S/c1-16(2)21(24-30(27,28)19-9-7-6-8-10-19)22(26)29-15-20(25)17-11-13-18(14-12-17)23(3,4)5/h6-14,16,21,24H,15H2,1-5H3/t21-/m0/s1. The summed E-state index contributed by atoms with van der Waals surface area (Å²) in [6, 6.07) is 13.8. The smallest absolute Gasteiger partial charge is 0.324 e. The van der Waals surface area contributed by atoms with Crippen LogP contribution in [0.15, 0.2) is 59.5 Å². The van der Waals surface area contributed by atoms with E-state index in [0.717, 1.165) is 5.56 Å². The highest BCUT2D eigenvalue weighted by Crippen LogP contribution is 2.22. The van der Waals surface area contributed by atoms with Crippen LogP contribution < -0.4 is 4.72 Å². The van der Waals surface area contributed by atoms with Gasteiger partial charge in [0, 0.05) is 5.56 Å². The molecule has 0 amide bonds. The predicted molar refractivity (Wildman–Crippen MR) is 116 cm³/mol. The Balaban J connectivity index is 2.04. The van der Waals surface area contributed by atoms with Gasteiger partial charge in [0.25, 0.3) is 0 Å². The van der Waals surface area contributed by atoms with Crippen LogP contribution in [0.25, 0.3) is 0 Å². The van der Waals surface area contributed by atoms with Gasteiger partial charge in [0.1, 0.15) is 6.04 Å². The van der Waals surface area contributed by atoms with Crippen LogP contribution in [0.1, 0.15) is 50.5 Å². The minimum absolute atomic E-state index is 0.0333. The number of nitrogens with one attached hydrogen (secondary N) is 1. The largest absolute Gasteiger partial charge is 0.456 e. The minimum atomic E-state index is -3.89.